The summed E-state index contributed by atoms with van der Waals surface area (Å²) >= 11 is 6.83. The summed E-state index contributed by atoms with van der Waals surface area (Å²) in [5.41, 5.74) is 1.88. The number of carbonyl (C=O) groups is 2. The molecule has 2 aromatic rings. The van der Waals surface area contributed by atoms with Crippen molar-refractivity contribution in [3.8, 4) is 5.75 Å². The first kappa shape index (κ1) is 21.4. The maximum atomic E-state index is 12.2. The Hall–Kier alpha value is -1.90. The molecule has 0 aliphatic carbocycles. The number of hydrogen-bond donors (Lipinski definition) is 2. The summed E-state index contributed by atoms with van der Waals surface area (Å²) in [6, 6.07) is 10.5. The van der Waals surface area contributed by atoms with Crippen LogP contribution in [0.5, 0.6) is 5.75 Å². The molecule has 0 heterocycles. The van der Waals surface area contributed by atoms with E-state index in [9.17, 15) is 9.59 Å². The summed E-state index contributed by atoms with van der Waals surface area (Å²) in [5.74, 6) is 0.0644. The molecule has 0 radical (unpaired) electrons. The van der Waals surface area contributed by atoms with Gasteiger partial charge in [0, 0.05) is 29.4 Å². The molecular formula is C19H20Br2N2O4. The molecule has 2 rings (SSSR count). The minimum Gasteiger partial charge on any atom is -0.482 e. The number of hydrogen-bond acceptors (Lipinski definition) is 4. The number of amides is 2. The lowest BCUT2D eigenvalue weighted by molar-refractivity contribution is -0.118. The SMILES string of the molecule is COCCNC(=O)c1cccc(NC(=O)COc2c(C)cc(Br)cc2Br)c1. The van der Waals surface area contributed by atoms with Crippen molar-refractivity contribution in [3.05, 3.63) is 56.5 Å². The van der Waals surface area contributed by atoms with Crippen LogP contribution < -0.4 is 15.4 Å². The highest BCUT2D eigenvalue weighted by molar-refractivity contribution is 9.11. The van der Waals surface area contributed by atoms with E-state index in [1.165, 1.54) is 0 Å². The van der Waals surface area contributed by atoms with Crippen LogP contribution in [0.1, 0.15) is 15.9 Å². The van der Waals surface area contributed by atoms with Crippen LogP contribution in [0.25, 0.3) is 0 Å². The molecule has 0 aliphatic heterocycles. The van der Waals surface area contributed by atoms with Crippen molar-refractivity contribution < 1.29 is 19.1 Å². The Bertz CT molecular complexity index is 804. The first-order chi connectivity index (χ1) is 12.9. The molecule has 27 heavy (non-hydrogen) atoms. The van der Waals surface area contributed by atoms with Crippen molar-refractivity contribution in [2.75, 3.05) is 32.2 Å². The minimum atomic E-state index is -0.318. The molecule has 0 aromatic heterocycles. The molecule has 0 saturated heterocycles. The predicted octanol–water partition coefficient (Wildman–Crippen LogP) is 3.91. The van der Waals surface area contributed by atoms with E-state index in [1.54, 1.807) is 31.4 Å². The zero-order valence-corrected chi connectivity index (χ0v) is 18.1. The molecule has 0 atom stereocenters. The summed E-state index contributed by atoms with van der Waals surface area (Å²) < 4.78 is 12.2. The number of nitrogens with one attached hydrogen (secondary N) is 2. The first-order valence-corrected chi connectivity index (χ1v) is 9.75. The molecular weight excluding hydrogens is 480 g/mol. The van der Waals surface area contributed by atoms with Crippen LogP contribution in [-0.2, 0) is 9.53 Å². The van der Waals surface area contributed by atoms with Crippen LogP contribution in [0.4, 0.5) is 5.69 Å². The van der Waals surface area contributed by atoms with Crippen molar-refractivity contribution in [1.29, 1.82) is 0 Å². The second-order valence-electron chi connectivity index (χ2n) is 5.70. The molecule has 0 unspecified atom stereocenters. The number of benzene rings is 2. The van der Waals surface area contributed by atoms with Crippen LogP contribution in [0, 0.1) is 6.92 Å². The molecule has 2 amide bonds. The Morgan fingerprint density at radius 3 is 2.63 bits per heavy atom. The molecule has 8 heteroatoms. The van der Waals surface area contributed by atoms with E-state index in [0.29, 0.717) is 30.2 Å². The van der Waals surface area contributed by atoms with E-state index in [4.69, 9.17) is 9.47 Å². The predicted molar refractivity (Wildman–Crippen MR) is 111 cm³/mol. The van der Waals surface area contributed by atoms with E-state index < -0.39 is 0 Å². The second kappa shape index (κ2) is 10.4. The van der Waals surface area contributed by atoms with Crippen molar-refractivity contribution in [3.63, 3.8) is 0 Å². The molecule has 2 N–H and O–H groups in total. The topological polar surface area (TPSA) is 76.7 Å². The molecule has 0 aliphatic rings. The highest BCUT2D eigenvalue weighted by Gasteiger charge is 2.11. The van der Waals surface area contributed by atoms with Gasteiger partial charge in [0.05, 0.1) is 11.1 Å². The lowest BCUT2D eigenvalue weighted by Gasteiger charge is -2.12. The molecule has 0 fully saturated rings. The van der Waals surface area contributed by atoms with Crippen LogP contribution >= 0.6 is 31.9 Å². The number of aryl methyl sites for hydroxylation is 1. The average molecular weight is 500 g/mol. The summed E-state index contributed by atoms with van der Waals surface area (Å²) in [6.07, 6.45) is 0. The maximum absolute atomic E-state index is 12.2. The molecule has 0 saturated carbocycles. The number of rotatable bonds is 8. The zero-order chi connectivity index (χ0) is 19.8. The van der Waals surface area contributed by atoms with Gasteiger partial charge >= 0.3 is 0 Å². The molecule has 144 valence electrons. The highest BCUT2D eigenvalue weighted by Crippen LogP contribution is 2.32. The van der Waals surface area contributed by atoms with E-state index >= 15 is 0 Å². The van der Waals surface area contributed by atoms with Crippen LogP contribution in [0.2, 0.25) is 0 Å². The van der Waals surface area contributed by atoms with Gasteiger partial charge in [0.25, 0.3) is 11.8 Å². The Morgan fingerprint density at radius 2 is 1.93 bits per heavy atom. The van der Waals surface area contributed by atoms with Gasteiger partial charge in [0.2, 0.25) is 0 Å². The largest absolute Gasteiger partial charge is 0.482 e. The Morgan fingerprint density at radius 1 is 1.15 bits per heavy atom. The first-order valence-electron chi connectivity index (χ1n) is 8.16. The molecule has 6 nitrogen and oxygen atoms in total. The van der Waals surface area contributed by atoms with Gasteiger partial charge in [-0.25, -0.2) is 0 Å². The van der Waals surface area contributed by atoms with E-state index in [2.05, 4.69) is 42.5 Å². The summed E-state index contributed by atoms with van der Waals surface area (Å²) in [7, 11) is 1.57. The van der Waals surface area contributed by atoms with Crippen molar-refractivity contribution in [1.82, 2.24) is 5.32 Å². The standard InChI is InChI=1S/C19H20Br2N2O4/c1-12-8-14(20)10-16(21)18(12)27-11-17(24)23-15-5-3-4-13(9-15)19(25)22-6-7-26-2/h3-5,8-10H,6-7,11H2,1-2H3,(H,22,25)(H,23,24). The highest BCUT2D eigenvalue weighted by atomic mass is 79.9. The summed E-state index contributed by atoms with van der Waals surface area (Å²) in [5, 5.41) is 5.47. The summed E-state index contributed by atoms with van der Waals surface area (Å²) in [6.45, 7) is 2.60. The summed E-state index contributed by atoms with van der Waals surface area (Å²) in [4.78, 5) is 24.2. The second-order valence-corrected chi connectivity index (χ2v) is 7.47. The van der Waals surface area contributed by atoms with E-state index in [0.717, 1.165) is 14.5 Å². The van der Waals surface area contributed by atoms with E-state index in [-0.39, 0.29) is 18.4 Å². The third kappa shape index (κ3) is 6.64. The smallest absolute Gasteiger partial charge is 0.262 e. The number of halogens is 2. The van der Waals surface area contributed by atoms with Crippen LogP contribution in [-0.4, -0.2) is 38.7 Å². The molecule has 2 aromatic carbocycles. The van der Waals surface area contributed by atoms with Crippen molar-refractivity contribution in [2.24, 2.45) is 0 Å². The number of carbonyl (C=O) groups excluding carboxylic acids is 2. The van der Waals surface area contributed by atoms with Crippen LogP contribution in [0.3, 0.4) is 0 Å². The Balaban J connectivity index is 1.94. The van der Waals surface area contributed by atoms with Gasteiger partial charge in [-0.1, -0.05) is 22.0 Å². The lowest BCUT2D eigenvalue weighted by Crippen LogP contribution is -2.27. The Labute approximate surface area is 174 Å². The van der Waals surface area contributed by atoms with Crippen molar-refractivity contribution in [2.45, 2.75) is 6.92 Å². The van der Waals surface area contributed by atoms with Crippen LogP contribution in [0.15, 0.2) is 45.3 Å². The molecule has 0 bridgehead atoms. The third-order valence-electron chi connectivity index (χ3n) is 3.54. The van der Waals surface area contributed by atoms with Crippen molar-refractivity contribution >= 4 is 49.4 Å². The van der Waals surface area contributed by atoms with Gasteiger partial charge in [-0.3, -0.25) is 9.59 Å². The average Bonchev–Trinajstić information content (AvgIpc) is 2.61. The maximum Gasteiger partial charge on any atom is 0.262 e. The lowest BCUT2D eigenvalue weighted by atomic mass is 10.2. The van der Waals surface area contributed by atoms with Gasteiger partial charge in [-0.15, -0.1) is 0 Å². The van der Waals surface area contributed by atoms with Gasteiger partial charge in [0.15, 0.2) is 6.61 Å². The van der Waals surface area contributed by atoms with E-state index in [1.807, 2.05) is 19.1 Å². The fourth-order valence-corrected chi connectivity index (χ4v) is 3.87. The number of anilines is 1. The number of methoxy groups -OCH3 is 1. The minimum absolute atomic E-state index is 0.147. The van der Waals surface area contributed by atoms with Gasteiger partial charge in [-0.05, 0) is 58.7 Å². The molecule has 0 spiro atoms. The number of ether oxygens (including phenoxy) is 2. The van der Waals surface area contributed by atoms with Gasteiger partial charge < -0.3 is 20.1 Å². The monoisotopic (exact) mass is 498 g/mol. The quantitative estimate of drug-likeness (QED) is 0.540. The third-order valence-corrected chi connectivity index (χ3v) is 4.59. The fourth-order valence-electron chi connectivity index (χ4n) is 2.31. The zero-order valence-electron chi connectivity index (χ0n) is 15.0. The normalized spacial score (nSPS) is 10.4. The fraction of sp³-hybridized carbons (Fsp3) is 0.263. The van der Waals surface area contributed by atoms with Gasteiger partial charge in [-0.2, -0.15) is 0 Å². The van der Waals surface area contributed by atoms with Gasteiger partial charge in [0.1, 0.15) is 5.75 Å². The Kier molecular flexibility index (Phi) is 8.27.